The minimum absolute atomic E-state index is 0.0406. The largest absolute Gasteiger partial charge is 0.388 e. The van der Waals surface area contributed by atoms with Gasteiger partial charge in [0.25, 0.3) is 5.91 Å². The van der Waals surface area contributed by atoms with E-state index in [4.69, 9.17) is 0 Å². The smallest absolute Gasteiger partial charge is 0.318 e. The van der Waals surface area contributed by atoms with E-state index >= 15 is 0 Å². The van der Waals surface area contributed by atoms with Crippen LogP contribution in [0.2, 0.25) is 0 Å². The number of halogens is 1. The normalized spacial score (nSPS) is 24.4. The summed E-state index contributed by atoms with van der Waals surface area (Å²) >= 11 is 1.47. The first-order valence-electron chi connectivity index (χ1n) is 9.58. The number of rotatable bonds is 4. The molecule has 0 saturated carbocycles. The van der Waals surface area contributed by atoms with E-state index in [1.165, 1.54) is 35.6 Å². The van der Waals surface area contributed by atoms with Crippen LogP contribution in [0.3, 0.4) is 0 Å². The third-order valence-electron chi connectivity index (χ3n) is 5.08. The van der Waals surface area contributed by atoms with Crippen LogP contribution in [0.1, 0.15) is 48.5 Å². The lowest BCUT2D eigenvalue weighted by Crippen LogP contribution is -2.64. The zero-order valence-corrected chi connectivity index (χ0v) is 17.5. The van der Waals surface area contributed by atoms with Crippen LogP contribution in [-0.2, 0) is 0 Å². The standard InChI is InChI=1S/C21H26FN3O3S/c1-13(2)23-20(27)25-11-10-21(3,28)18(17(25)16-5-4-12-29-16)24-19(26)14-6-8-15(22)9-7-14/h4-9,12-13,17-18,28H,10-11H2,1-3H3,(H,23,27)(H,24,26)/t17-,18-,21+/m0/s1. The first-order valence-corrected chi connectivity index (χ1v) is 10.5. The Morgan fingerprint density at radius 2 is 1.97 bits per heavy atom. The third kappa shape index (κ3) is 4.76. The molecule has 3 rings (SSSR count). The summed E-state index contributed by atoms with van der Waals surface area (Å²) in [6, 6.07) is 7.45. The summed E-state index contributed by atoms with van der Waals surface area (Å²) in [6.45, 7) is 5.79. The molecule has 1 aliphatic rings. The highest BCUT2D eigenvalue weighted by molar-refractivity contribution is 7.10. The molecule has 2 aromatic rings. The van der Waals surface area contributed by atoms with Crippen molar-refractivity contribution in [1.82, 2.24) is 15.5 Å². The SMILES string of the molecule is CC(C)NC(=O)N1CC[C@@](C)(O)[C@@H](NC(=O)c2ccc(F)cc2)[C@@H]1c1cccs1. The van der Waals surface area contributed by atoms with E-state index in [1.54, 1.807) is 11.8 Å². The first-order chi connectivity index (χ1) is 13.7. The van der Waals surface area contributed by atoms with E-state index in [2.05, 4.69) is 10.6 Å². The van der Waals surface area contributed by atoms with E-state index in [-0.39, 0.29) is 17.6 Å². The Labute approximate surface area is 173 Å². The van der Waals surface area contributed by atoms with Crippen LogP contribution in [-0.4, -0.2) is 46.2 Å². The van der Waals surface area contributed by atoms with Gasteiger partial charge in [-0.05, 0) is 62.9 Å². The fourth-order valence-electron chi connectivity index (χ4n) is 3.56. The molecule has 1 fully saturated rings. The lowest BCUT2D eigenvalue weighted by molar-refractivity contribution is -0.0505. The van der Waals surface area contributed by atoms with Crippen LogP contribution in [0.4, 0.5) is 9.18 Å². The number of amides is 3. The van der Waals surface area contributed by atoms with Crippen LogP contribution in [0.5, 0.6) is 0 Å². The van der Waals surface area contributed by atoms with Crippen LogP contribution in [0, 0.1) is 5.82 Å². The molecule has 1 saturated heterocycles. The monoisotopic (exact) mass is 419 g/mol. The van der Waals surface area contributed by atoms with Crippen molar-refractivity contribution >= 4 is 23.3 Å². The Morgan fingerprint density at radius 3 is 2.55 bits per heavy atom. The van der Waals surface area contributed by atoms with Crippen molar-refractivity contribution in [1.29, 1.82) is 0 Å². The fourth-order valence-corrected chi connectivity index (χ4v) is 4.43. The van der Waals surface area contributed by atoms with Crippen molar-refractivity contribution in [2.24, 2.45) is 0 Å². The topological polar surface area (TPSA) is 81.7 Å². The molecule has 156 valence electrons. The molecule has 3 N–H and O–H groups in total. The van der Waals surface area contributed by atoms with Gasteiger partial charge in [0.15, 0.2) is 0 Å². The van der Waals surface area contributed by atoms with Gasteiger partial charge in [0, 0.05) is 23.0 Å². The molecule has 0 spiro atoms. The molecular formula is C21H26FN3O3S. The number of hydrogen-bond acceptors (Lipinski definition) is 4. The Kier molecular flexibility index (Phi) is 6.24. The van der Waals surface area contributed by atoms with Gasteiger partial charge >= 0.3 is 6.03 Å². The van der Waals surface area contributed by atoms with Gasteiger partial charge in [-0.25, -0.2) is 9.18 Å². The van der Waals surface area contributed by atoms with Crippen molar-refractivity contribution in [2.75, 3.05) is 6.54 Å². The average Bonchev–Trinajstić information content (AvgIpc) is 3.17. The average molecular weight is 420 g/mol. The van der Waals surface area contributed by atoms with Crippen LogP contribution in [0.15, 0.2) is 41.8 Å². The maximum Gasteiger partial charge on any atom is 0.318 e. The molecule has 29 heavy (non-hydrogen) atoms. The second kappa shape index (κ2) is 8.51. The first kappa shape index (κ1) is 21.3. The van der Waals surface area contributed by atoms with E-state index in [0.717, 1.165) is 4.88 Å². The molecule has 1 aliphatic heterocycles. The van der Waals surface area contributed by atoms with E-state index in [9.17, 15) is 19.1 Å². The highest BCUT2D eigenvalue weighted by Crippen LogP contribution is 2.39. The summed E-state index contributed by atoms with van der Waals surface area (Å²) in [5.74, 6) is -0.859. The summed E-state index contributed by atoms with van der Waals surface area (Å²) in [4.78, 5) is 28.2. The number of urea groups is 1. The van der Waals surface area contributed by atoms with Crippen molar-refractivity contribution in [3.8, 4) is 0 Å². The summed E-state index contributed by atoms with van der Waals surface area (Å²) in [5.41, 5.74) is -0.935. The van der Waals surface area contributed by atoms with Gasteiger partial charge in [0.1, 0.15) is 5.82 Å². The molecule has 0 unspecified atom stereocenters. The number of carbonyl (C=O) groups excluding carboxylic acids is 2. The molecule has 1 aromatic heterocycles. The zero-order chi connectivity index (χ0) is 21.2. The Hall–Kier alpha value is -2.45. The number of nitrogens with zero attached hydrogens (tertiary/aromatic N) is 1. The molecule has 1 aromatic carbocycles. The number of nitrogens with one attached hydrogen (secondary N) is 2. The highest BCUT2D eigenvalue weighted by Gasteiger charge is 2.48. The number of hydrogen-bond donors (Lipinski definition) is 3. The van der Waals surface area contributed by atoms with Gasteiger partial charge in [0.2, 0.25) is 0 Å². The number of aliphatic hydroxyl groups is 1. The Morgan fingerprint density at radius 1 is 1.28 bits per heavy atom. The zero-order valence-electron chi connectivity index (χ0n) is 16.7. The number of thiophene rings is 1. The van der Waals surface area contributed by atoms with Crippen molar-refractivity contribution < 1.29 is 19.1 Å². The van der Waals surface area contributed by atoms with Crippen LogP contribution in [0.25, 0.3) is 0 Å². The van der Waals surface area contributed by atoms with Crippen molar-refractivity contribution in [3.05, 3.63) is 58.0 Å². The minimum Gasteiger partial charge on any atom is -0.388 e. The lowest BCUT2D eigenvalue weighted by Gasteiger charge is -2.48. The Balaban J connectivity index is 1.94. The molecule has 0 bridgehead atoms. The predicted molar refractivity (Wildman–Crippen MR) is 110 cm³/mol. The molecule has 2 heterocycles. The number of likely N-dealkylation sites (tertiary alicyclic amines) is 1. The molecule has 3 amide bonds. The third-order valence-corrected chi connectivity index (χ3v) is 6.02. The fraction of sp³-hybridized carbons (Fsp3) is 0.429. The maximum absolute atomic E-state index is 13.2. The number of benzene rings is 1. The van der Waals surface area contributed by atoms with Gasteiger partial charge in [-0.3, -0.25) is 4.79 Å². The van der Waals surface area contributed by atoms with E-state index < -0.39 is 29.4 Å². The molecule has 3 atom stereocenters. The number of piperidine rings is 1. The number of carbonyl (C=O) groups is 2. The predicted octanol–water partition coefficient (Wildman–Crippen LogP) is 3.30. The Bertz CT molecular complexity index is 853. The second-order valence-corrected chi connectivity index (χ2v) is 8.80. The van der Waals surface area contributed by atoms with Crippen LogP contribution < -0.4 is 10.6 Å². The lowest BCUT2D eigenvalue weighted by atomic mass is 9.81. The van der Waals surface area contributed by atoms with Gasteiger partial charge in [0.05, 0.1) is 17.7 Å². The minimum atomic E-state index is -1.22. The van der Waals surface area contributed by atoms with Crippen LogP contribution >= 0.6 is 11.3 Å². The second-order valence-electron chi connectivity index (χ2n) is 7.82. The van der Waals surface area contributed by atoms with Gasteiger partial charge in [-0.1, -0.05) is 6.07 Å². The summed E-state index contributed by atoms with van der Waals surface area (Å²) in [5, 5.41) is 18.8. The highest BCUT2D eigenvalue weighted by atomic mass is 32.1. The molecule has 8 heteroatoms. The molecule has 0 radical (unpaired) electrons. The molecule has 6 nitrogen and oxygen atoms in total. The summed E-state index contributed by atoms with van der Waals surface area (Å²) in [7, 11) is 0. The van der Waals surface area contributed by atoms with E-state index in [0.29, 0.717) is 13.0 Å². The van der Waals surface area contributed by atoms with Gasteiger partial charge in [-0.15, -0.1) is 11.3 Å². The summed E-state index contributed by atoms with van der Waals surface area (Å²) < 4.78 is 13.2. The van der Waals surface area contributed by atoms with Gasteiger partial charge < -0.3 is 20.6 Å². The van der Waals surface area contributed by atoms with E-state index in [1.807, 2.05) is 31.4 Å². The van der Waals surface area contributed by atoms with Crippen molar-refractivity contribution in [3.63, 3.8) is 0 Å². The quantitative estimate of drug-likeness (QED) is 0.711. The maximum atomic E-state index is 13.2. The summed E-state index contributed by atoms with van der Waals surface area (Å²) in [6.07, 6.45) is 0.314. The van der Waals surface area contributed by atoms with Crippen molar-refractivity contribution in [2.45, 2.75) is 50.9 Å². The van der Waals surface area contributed by atoms with Gasteiger partial charge in [-0.2, -0.15) is 0 Å². The molecule has 0 aliphatic carbocycles. The molecular weight excluding hydrogens is 393 g/mol.